The van der Waals surface area contributed by atoms with Crippen molar-refractivity contribution in [3.63, 3.8) is 0 Å². The van der Waals surface area contributed by atoms with Crippen molar-refractivity contribution in [3.05, 3.63) is 59.7 Å². The van der Waals surface area contributed by atoms with Crippen molar-refractivity contribution in [1.29, 1.82) is 5.26 Å². The maximum Gasteiger partial charge on any atom is 0.166 e. The first kappa shape index (κ1) is 14.0. The maximum atomic E-state index is 9.22. The predicted molar refractivity (Wildman–Crippen MR) is 82.3 cm³/mol. The molecular weight excluding hydrogens is 278 g/mol. The molecule has 3 rings (SSSR count). The van der Waals surface area contributed by atoms with Crippen LogP contribution in [0.4, 0.5) is 0 Å². The molecule has 0 N–H and O–H groups in total. The summed E-state index contributed by atoms with van der Waals surface area (Å²) in [4.78, 5) is 4.44. The topological polar surface area (TPSA) is 59.5 Å². The number of hydrogen-bond acceptors (Lipinski definition) is 4. The number of rotatable bonds is 4. The Balaban J connectivity index is 2.06. The molecule has 5 heteroatoms. The highest BCUT2D eigenvalue weighted by molar-refractivity contribution is 5.59. The fourth-order valence-electron chi connectivity index (χ4n) is 2.48. The summed E-state index contributed by atoms with van der Waals surface area (Å²) in [5.74, 6) is 2.28. The summed E-state index contributed by atoms with van der Waals surface area (Å²) in [5.41, 5.74) is 2.24. The second-order valence-corrected chi connectivity index (χ2v) is 4.80. The average Bonchev–Trinajstić information content (AvgIpc) is 2.93. The lowest BCUT2D eigenvalue weighted by Crippen LogP contribution is -1.99. The highest BCUT2D eigenvalue weighted by Gasteiger charge is 2.13. The van der Waals surface area contributed by atoms with Gasteiger partial charge in [-0.1, -0.05) is 12.1 Å². The van der Waals surface area contributed by atoms with Gasteiger partial charge in [0.15, 0.2) is 5.69 Å². The molecule has 110 valence electrons. The lowest BCUT2D eigenvalue weighted by Gasteiger charge is -2.10. The Labute approximate surface area is 128 Å². The van der Waals surface area contributed by atoms with E-state index in [4.69, 9.17) is 9.47 Å². The molecule has 2 heterocycles. The third kappa shape index (κ3) is 2.35. The number of ether oxygens (including phenoxy) is 2. The van der Waals surface area contributed by atoms with E-state index in [0.717, 1.165) is 28.4 Å². The monoisotopic (exact) mass is 293 g/mol. The second kappa shape index (κ2) is 5.78. The fraction of sp³-hybridized carbons (Fsp3) is 0.176. The number of aromatic nitrogens is 2. The van der Waals surface area contributed by atoms with Crippen LogP contribution in [0.2, 0.25) is 0 Å². The Morgan fingerprint density at radius 3 is 2.77 bits per heavy atom. The largest absolute Gasteiger partial charge is 0.497 e. The highest BCUT2D eigenvalue weighted by Crippen LogP contribution is 2.27. The first-order valence-corrected chi connectivity index (χ1v) is 6.83. The Morgan fingerprint density at radius 2 is 2.05 bits per heavy atom. The number of pyridine rings is 1. The predicted octanol–water partition coefficient (Wildman–Crippen LogP) is 2.81. The molecule has 0 spiro atoms. The Bertz CT molecular complexity index is 862. The molecule has 0 aliphatic carbocycles. The number of benzene rings is 1. The molecule has 0 amide bonds. The number of methoxy groups -OCH3 is 2. The van der Waals surface area contributed by atoms with E-state index < -0.39 is 0 Å². The third-order valence-electron chi connectivity index (χ3n) is 3.57. The van der Waals surface area contributed by atoms with E-state index >= 15 is 0 Å². The van der Waals surface area contributed by atoms with Crippen LogP contribution in [0.15, 0.2) is 42.6 Å². The molecule has 0 saturated carbocycles. The minimum atomic E-state index is 0.433. The van der Waals surface area contributed by atoms with Gasteiger partial charge in [0.1, 0.15) is 23.4 Å². The molecule has 0 fully saturated rings. The van der Waals surface area contributed by atoms with Crippen LogP contribution in [0.1, 0.15) is 17.1 Å². The average molecular weight is 293 g/mol. The van der Waals surface area contributed by atoms with Crippen molar-refractivity contribution in [2.75, 3.05) is 14.2 Å². The summed E-state index contributed by atoms with van der Waals surface area (Å²) in [6, 6.07) is 13.5. The molecule has 0 aliphatic rings. The van der Waals surface area contributed by atoms with Gasteiger partial charge in [0.25, 0.3) is 0 Å². The highest BCUT2D eigenvalue weighted by atomic mass is 16.5. The van der Waals surface area contributed by atoms with Gasteiger partial charge in [0, 0.05) is 24.2 Å². The summed E-state index contributed by atoms with van der Waals surface area (Å²) in [7, 11) is 3.25. The van der Waals surface area contributed by atoms with Crippen LogP contribution in [0.5, 0.6) is 11.5 Å². The molecule has 0 aliphatic heterocycles. The number of nitrogens with zero attached hydrogens (tertiary/aromatic N) is 3. The number of fused-ring (bicyclic) bond motifs is 1. The fourth-order valence-corrected chi connectivity index (χ4v) is 2.48. The van der Waals surface area contributed by atoms with Gasteiger partial charge in [-0.25, -0.2) is 4.98 Å². The van der Waals surface area contributed by atoms with E-state index in [9.17, 15) is 5.26 Å². The van der Waals surface area contributed by atoms with Crippen LogP contribution in [-0.4, -0.2) is 23.6 Å². The summed E-state index contributed by atoms with van der Waals surface area (Å²) in [6.07, 6.45) is 2.48. The van der Waals surface area contributed by atoms with Crippen molar-refractivity contribution >= 4 is 5.52 Å². The minimum Gasteiger partial charge on any atom is -0.497 e. The van der Waals surface area contributed by atoms with Crippen molar-refractivity contribution in [2.24, 2.45) is 0 Å². The quantitative estimate of drug-likeness (QED) is 0.742. The van der Waals surface area contributed by atoms with Gasteiger partial charge < -0.3 is 13.9 Å². The molecular formula is C17H15N3O2. The van der Waals surface area contributed by atoms with Crippen LogP contribution in [0.25, 0.3) is 5.52 Å². The molecule has 22 heavy (non-hydrogen) atoms. The van der Waals surface area contributed by atoms with Gasteiger partial charge in [0.05, 0.1) is 19.7 Å². The summed E-state index contributed by atoms with van der Waals surface area (Å²) < 4.78 is 12.6. The second-order valence-electron chi connectivity index (χ2n) is 4.80. The van der Waals surface area contributed by atoms with E-state index in [0.29, 0.717) is 12.1 Å². The van der Waals surface area contributed by atoms with Gasteiger partial charge in [0.2, 0.25) is 0 Å². The molecule has 5 nitrogen and oxygen atoms in total. The summed E-state index contributed by atoms with van der Waals surface area (Å²) >= 11 is 0. The molecule has 0 atom stereocenters. The van der Waals surface area contributed by atoms with E-state index in [1.807, 2.05) is 47.0 Å². The Hall–Kier alpha value is -3.00. The molecule has 0 saturated heterocycles. The lowest BCUT2D eigenvalue weighted by molar-refractivity contribution is 0.391. The molecule has 0 unspecified atom stereocenters. The third-order valence-corrected chi connectivity index (χ3v) is 3.57. The molecule has 0 bridgehead atoms. The molecule has 0 radical (unpaired) electrons. The van der Waals surface area contributed by atoms with Gasteiger partial charge in [-0.15, -0.1) is 0 Å². The molecule has 2 aromatic heterocycles. The Kier molecular flexibility index (Phi) is 3.67. The van der Waals surface area contributed by atoms with Gasteiger partial charge in [-0.05, 0) is 18.2 Å². The van der Waals surface area contributed by atoms with E-state index in [1.54, 1.807) is 14.2 Å². The van der Waals surface area contributed by atoms with Crippen LogP contribution in [-0.2, 0) is 6.42 Å². The summed E-state index contributed by atoms with van der Waals surface area (Å²) in [5, 5.41) is 9.22. The first-order valence-electron chi connectivity index (χ1n) is 6.83. The SMILES string of the molecule is COc1ccc(Cc2nc(C#N)c3ccccn23)c(OC)c1. The van der Waals surface area contributed by atoms with Gasteiger partial charge >= 0.3 is 0 Å². The molecule has 1 aromatic carbocycles. The lowest BCUT2D eigenvalue weighted by atomic mass is 10.1. The van der Waals surface area contributed by atoms with E-state index in [2.05, 4.69) is 11.1 Å². The smallest absolute Gasteiger partial charge is 0.166 e. The first-order chi connectivity index (χ1) is 10.8. The van der Waals surface area contributed by atoms with E-state index in [1.165, 1.54) is 0 Å². The number of nitriles is 1. The van der Waals surface area contributed by atoms with E-state index in [-0.39, 0.29) is 0 Å². The zero-order valence-corrected chi connectivity index (χ0v) is 12.4. The minimum absolute atomic E-state index is 0.433. The Morgan fingerprint density at radius 1 is 1.18 bits per heavy atom. The van der Waals surface area contributed by atoms with Crippen molar-refractivity contribution in [1.82, 2.24) is 9.38 Å². The normalized spacial score (nSPS) is 10.4. The van der Waals surface area contributed by atoms with Crippen molar-refractivity contribution in [3.8, 4) is 17.6 Å². The molecule has 3 aromatic rings. The van der Waals surface area contributed by atoms with Crippen molar-refractivity contribution < 1.29 is 9.47 Å². The number of imidazole rings is 1. The standard InChI is InChI=1S/C17H15N3O2/c1-21-13-7-6-12(16(10-13)22-2)9-17-19-14(11-18)15-5-3-4-8-20(15)17/h3-8,10H,9H2,1-2H3. The zero-order chi connectivity index (χ0) is 15.5. The van der Waals surface area contributed by atoms with Crippen molar-refractivity contribution in [2.45, 2.75) is 6.42 Å². The number of hydrogen-bond donors (Lipinski definition) is 0. The van der Waals surface area contributed by atoms with Gasteiger partial charge in [-0.2, -0.15) is 5.26 Å². The maximum absolute atomic E-state index is 9.22. The summed E-state index contributed by atoms with van der Waals surface area (Å²) in [6.45, 7) is 0. The van der Waals surface area contributed by atoms with Crippen LogP contribution >= 0.6 is 0 Å². The zero-order valence-electron chi connectivity index (χ0n) is 12.4. The van der Waals surface area contributed by atoms with Crippen LogP contribution in [0, 0.1) is 11.3 Å². The van der Waals surface area contributed by atoms with Gasteiger partial charge in [-0.3, -0.25) is 0 Å². The van der Waals surface area contributed by atoms with Crippen LogP contribution < -0.4 is 9.47 Å². The van der Waals surface area contributed by atoms with Crippen LogP contribution in [0.3, 0.4) is 0 Å².